The Kier molecular flexibility index (Phi) is 5.40. The van der Waals surface area contributed by atoms with E-state index in [1.807, 2.05) is 42.5 Å². The fourth-order valence-corrected chi connectivity index (χ4v) is 3.03. The predicted octanol–water partition coefficient (Wildman–Crippen LogP) is 6.08. The molecule has 3 aromatic rings. The van der Waals surface area contributed by atoms with Crippen molar-refractivity contribution in [3.05, 3.63) is 58.6 Å². The number of benzene rings is 2. The van der Waals surface area contributed by atoms with Crippen LogP contribution in [-0.4, -0.2) is 16.8 Å². The second-order valence-corrected chi connectivity index (χ2v) is 7.48. The first kappa shape index (κ1) is 17.9. The van der Waals surface area contributed by atoms with Crippen molar-refractivity contribution in [3.63, 3.8) is 0 Å². The maximum absolute atomic E-state index is 11.9. The van der Waals surface area contributed by atoms with Crippen molar-refractivity contribution in [2.75, 3.05) is 6.61 Å². The lowest BCUT2D eigenvalue weighted by Gasteiger charge is -2.11. The number of rotatable bonds is 5. The Bertz CT molecular complexity index is 940. The first-order chi connectivity index (χ1) is 11.9. The summed E-state index contributed by atoms with van der Waals surface area (Å²) in [5.74, 6) is 1.23. The van der Waals surface area contributed by atoms with Crippen LogP contribution < -0.4 is 4.74 Å². The fraction of sp³-hybridized carbons (Fsp3) is 0.200. The molecule has 3 nitrogen and oxygen atoms in total. The summed E-state index contributed by atoms with van der Waals surface area (Å²) in [7, 11) is 0. The second kappa shape index (κ2) is 7.54. The Balaban J connectivity index is 2.08. The van der Waals surface area contributed by atoms with E-state index in [-0.39, 0.29) is 0 Å². The molecular weight excluding hydrogens is 402 g/mol. The van der Waals surface area contributed by atoms with Crippen LogP contribution in [0.5, 0.6) is 5.75 Å². The zero-order valence-electron chi connectivity index (χ0n) is 13.9. The number of nitrogens with zero attached hydrogens (tertiary/aromatic N) is 1. The SMILES string of the molecule is CC(C)COc1cccc(-c2cc(C(=O)Cl)c3cc(Br)ccc3n2)c1. The van der Waals surface area contributed by atoms with E-state index in [9.17, 15) is 4.79 Å². The van der Waals surface area contributed by atoms with E-state index in [1.54, 1.807) is 6.07 Å². The van der Waals surface area contributed by atoms with Gasteiger partial charge >= 0.3 is 0 Å². The molecule has 0 spiro atoms. The molecule has 0 N–H and O–H groups in total. The van der Waals surface area contributed by atoms with Gasteiger partial charge in [-0.1, -0.05) is 41.9 Å². The van der Waals surface area contributed by atoms with Gasteiger partial charge in [-0.05, 0) is 53.9 Å². The summed E-state index contributed by atoms with van der Waals surface area (Å²) in [4.78, 5) is 16.6. The minimum absolute atomic E-state index is 0.441. The molecule has 0 aliphatic carbocycles. The van der Waals surface area contributed by atoms with Crippen LogP contribution in [0.4, 0.5) is 0 Å². The zero-order valence-corrected chi connectivity index (χ0v) is 16.3. The molecule has 0 atom stereocenters. The second-order valence-electron chi connectivity index (χ2n) is 6.22. The molecular formula is C20H17BrClNO2. The maximum Gasteiger partial charge on any atom is 0.253 e. The molecule has 0 bridgehead atoms. The van der Waals surface area contributed by atoms with Crippen molar-refractivity contribution >= 4 is 43.7 Å². The standard InChI is InChI=1S/C20H17BrClNO2/c1-12(2)11-25-15-5-3-4-13(8-15)19-10-17(20(22)24)16-9-14(21)6-7-18(16)23-19/h3-10,12H,11H2,1-2H3. The number of aromatic nitrogens is 1. The number of carbonyl (C=O) groups is 1. The van der Waals surface area contributed by atoms with Crippen molar-refractivity contribution in [2.45, 2.75) is 13.8 Å². The van der Waals surface area contributed by atoms with Crippen LogP contribution in [0, 0.1) is 5.92 Å². The van der Waals surface area contributed by atoms with Gasteiger partial charge < -0.3 is 4.74 Å². The molecule has 0 fully saturated rings. The molecule has 1 aromatic heterocycles. The Morgan fingerprint density at radius 3 is 2.72 bits per heavy atom. The van der Waals surface area contributed by atoms with Crippen LogP contribution in [0.25, 0.3) is 22.2 Å². The third-order valence-electron chi connectivity index (χ3n) is 3.70. The molecule has 25 heavy (non-hydrogen) atoms. The Morgan fingerprint density at radius 2 is 2.00 bits per heavy atom. The first-order valence-electron chi connectivity index (χ1n) is 7.97. The molecule has 5 heteroatoms. The van der Waals surface area contributed by atoms with Crippen LogP contribution in [0.3, 0.4) is 0 Å². The van der Waals surface area contributed by atoms with Gasteiger partial charge in [0.25, 0.3) is 5.24 Å². The summed E-state index contributed by atoms with van der Waals surface area (Å²) < 4.78 is 6.66. The van der Waals surface area contributed by atoms with E-state index < -0.39 is 5.24 Å². The van der Waals surface area contributed by atoms with Gasteiger partial charge in [-0.25, -0.2) is 4.98 Å². The largest absolute Gasteiger partial charge is 0.493 e. The van der Waals surface area contributed by atoms with Crippen molar-refractivity contribution in [2.24, 2.45) is 5.92 Å². The molecule has 0 saturated heterocycles. The minimum atomic E-state index is -0.501. The van der Waals surface area contributed by atoms with Gasteiger partial charge in [0.15, 0.2) is 0 Å². The lowest BCUT2D eigenvalue weighted by atomic mass is 10.0. The summed E-state index contributed by atoms with van der Waals surface area (Å²) >= 11 is 9.22. The van der Waals surface area contributed by atoms with Crippen molar-refractivity contribution in [1.29, 1.82) is 0 Å². The highest BCUT2D eigenvalue weighted by atomic mass is 79.9. The van der Waals surface area contributed by atoms with E-state index in [4.69, 9.17) is 16.3 Å². The third-order valence-corrected chi connectivity index (χ3v) is 4.39. The van der Waals surface area contributed by atoms with Gasteiger partial charge in [0.1, 0.15) is 5.75 Å². The molecule has 1 heterocycles. The minimum Gasteiger partial charge on any atom is -0.493 e. The molecule has 0 amide bonds. The quantitative estimate of drug-likeness (QED) is 0.471. The Hall–Kier alpha value is -1.91. The summed E-state index contributed by atoms with van der Waals surface area (Å²) in [5, 5.41) is 0.226. The first-order valence-corrected chi connectivity index (χ1v) is 9.14. The molecule has 128 valence electrons. The van der Waals surface area contributed by atoms with Crippen LogP contribution >= 0.6 is 27.5 Å². The van der Waals surface area contributed by atoms with Crippen LogP contribution in [-0.2, 0) is 0 Å². The Morgan fingerprint density at radius 1 is 1.20 bits per heavy atom. The number of hydrogen-bond donors (Lipinski definition) is 0. The number of ether oxygens (including phenoxy) is 1. The van der Waals surface area contributed by atoms with Crippen LogP contribution in [0.2, 0.25) is 0 Å². The predicted molar refractivity (Wildman–Crippen MR) is 105 cm³/mol. The normalized spacial score (nSPS) is 11.1. The van der Waals surface area contributed by atoms with Crippen molar-refractivity contribution < 1.29 is 9.53 Å². The molecule has 2 aromatic carbocycles. The fourth-order valence-electron chi connectivity index (χ4n) is 2.52. The van der Waals surface area contributed by atoms with Crippen molar-refractivity contribution in [3.8, 4) is 17.0 Å². The van der Waals surface area contributed by atoms with E-state index in [0.29, 0.717) is 23.8 Å². The van der Waals surface area contributed by atoms with Gasteiger partial charge in [0.2, 0.25) is 0 Å². The Labute approximate surface area is 160 Å². The third kappa shape index (κ3) is 4.20. The number of hydrogen-bond acceptors (Lipinski definition) is 3. The summed E-state index contributed by atoms with van der Waals surface area (Å²) in [5.41, 5.74) is 2.73. The zero-order chi connectivity index (χ0) is 18.0. The number of carbonyl (C=O) groups excluding carboxylic acids is 1. The highest BCUT2D eigenvalue weighted by molar-refractivity contribution is 9.10. The van der Waals surface area contributed by atoms with E-state index >= 15 is 0 Å². The summed E-state index contributed by atoms with van der Waals surface area (Å²) in [6.07, 6.45) is 0. The highest BCUT2D eigenvalue weighted by Crippen LogP contribution is 2.29. The molecule has 0 aliphatic rings. The van der Waals surface area contributed by atoms with Crippen LogP contribution in [0.1, 0.15) is 24.2 Å². The monoisotopic (exact) mass is 417 g/mol. The van der Waals surface area contributed by atoms with Crippen molar-refractivity contribution in [1.82, 2.24) is 4.98 Å². The number of fused-ring (bicyclic) bond motifs is 1. The summed E-state index contributed by atoms with van der Waals surface area (Å²) in [6.45, 7) is 4.85. The van der Waals surface area contributed by atoms with E-state index in [1.165, 1.54) is 0 Å². The number of pyridine rings is 1. The van der Waals surface area contributed by atoms with Gasteiger partial charge in [-0.3, -0.25) is 4.79 Å². The van der Waals surface area contributed by atoms with Gasteiger partial charge in [-0.15, -0.1) is 0 Å². The van der Waals surface area contributed by atoms with E-state index in [0.717, 1.165) is 26.7 Å². The topological polar surface area (TPSA) is 39.2 Å². The lowest BCUT2D eigenvalue weighted by molar-refractivity contribution is 0.108. The lowest BCUT2D eigenvalue weighted by Crippen LogP contribution is -2.04. The molecule has 0 saturated carbocycles. The van der Waals surface area contributed by atoms with Gasteiger partial charge in [0.05, 0.1) is 17.8 Å². The molecule has 0 radical (unpaired) electrons. The van der Waals surface area contributed by atoms with Crippen LogP contribution in [0.15, 0.2) is 53.0 Å². The average Bonchev–Trinajstić information content (AvgIpc) is 2.59. The van der Waals surface area contributed by atoms with Gasteiger partial charge in [-0.2, -0.15) is 0 Å². The molecule has 0 unspecified atom stereocenters. The molecule has 0 aliphatic heterocycles. The summed E-state index contributed by atoms with van der Waals surface area (Å²) in [6, 6.07) is 15.0. The average molecular weight is 419 g/mol. The van der Waals surface area contributed by atoms with E-state index in [2.05, 4.69) is 34.8 Å². The highest BCUT2D eigenvalue weighted by Gasteiger charge is 2.13. The molecule has 3 rings (SSSR count). The van der Waals surface area contributed by atoms with Gasteiger partial charge in [0, 0.05) is 21.0 Å². The maximum atomic E-state index is 11.9. The smallest absolute Gasteiger partial charge is 0.253 e. The number of halogens is 2.